The van der Waals surface area contributed by atoms with Crippen molar-refractivity contribution in [1.29, 1.82) is 0 Å². The van der Waals surface area contributed by atoms with Gasteiger partial charge in [-0.15, -0.1) is 0 Å². The fourth-order valence-electron chi connectivity index (χ4n) is 2.25. The molecule has 0 aliphatic carbocycles. The molecule has 4 nitrogen and oxygen atoms in total. The molecule has 0 aromatic rings. The Morgan fingerprint density at radius 2 is 2.36 bits per heavy atom. The molecule has 2 heterocycles. The average molecular weight is 203 g/mol. The Labute approximate surface area is 81.6 Å². The second kappa shape index (κ2) is 2.67. The predicted octanol–water partition coefficient (Wildman–Crippen LogP) is 0.0542. The third-order valence-electron chi connectivity index (χ3n) is 2.99. The number of carbonyl (C=O) groups is 1. The van der Waals surface area contributed by atoms with Gasteiger partial charge in [0.05, 0.1) is 19.3 Å². The first-order chi connectivity index (χ1) is 6.41. The lowest BCUT2D eigenvalue weighted by atomic mass is 10.0. The van der Waals surface area contributed by atoms with Gasteiger partial charge in [0, 0.05) is 6.42 Å². The van der Waals surface area contributed by atoms with E-state index in [0.717, 1.165) is 0 Å². The van der Waals surface area contributed by atoms with Gasteiger partial charge in [0.15, 0.2) is 0 Å². The van der Waals surface area contributed by atoms with Crippen molar-refractivity contribution in [3.8, 4) is 0 Å². The number of fused-ring (bicyclic) bond motifs is 1. The van der Waals surface area contributed by atoms with Crippen LogP contribution in [-0.2, 0) is 9.53 Å². The number of aliphatic hydroxyl groups is 1. The van der Waals surface area contributed by atoms with Crippen LogP contribution in [0.5, 0.6) is 0 Å². The number of aliphatic hydroxyl groups excluding tert-OH is 1. The van der Waals surface area contributed by atoms with E-state index < -0.39 is 23.9 Å². The molecule has 0 aromatic heterocycles. The van der Waals surface area contributed by atoms with Crippen molar-refractivity contribution in [2.45, 2.75) is 37.7 Å². The Balaban J connectivity index is 2.30. The lowest BCUT2D eigenvalue weighted by Gasteiger charge is -2.30. The van der Waals surface area contributed by atoms with Crippen molar-refractivity contribution in [2.75, 3.05) is 13.2 Å². The zero-order valence-corrected chi connectivity index (χ0v) is 8.29. The largest absolute Gasteiger partial charge is 0.392 e. The van der Waals surface area contributed by atoms with Crippen LogP contribution in [0.1, 0.15) is 20.3 Å². The highest BCUT2D eigenvalue weighted by Gasteiger charge is 2.59. The van der Waals surface area contributed by atoms with E-state index in [1.807, 2.05) is 0 Å². The van der Waals surface area contributed by atoms with Gasteiger partial charge in [-0.2, -0.15) is 0 Å². The van der Waals surface area contributed by atoms with Gasteiger partial charge in [0.25, 0.3) is 5.91 Å². The van der Waals surface area contributed by atoms with Crippen LogP contribution in [0.15, 0.2) is 0 Å². The summed E-state index contributed by atoms with van der Waals surface area (Å²) in [6.07, 6.45) is 0.0335. The van der Waals surface area contributed by atoms with Crippen LogP contribution < -0.4 is 0 Å². The van der Waals surface area contributed by atoms with Gasteiger partial charge in [0.1, 0.15) is 5.72 Å². The molecule has 2 atom stereocenters. The molecule has 0 saturated carbocycles. The minimum absolute atomic E-state index is 0.0335. The van der Waals surface area contributed by atoms with E-state index in [-0.39, 0.29) is 12.5 Å². The molecular weight excluding hydrogens is 189 g/mol. The third kappa shape index (κ3) is 1.09. The molecule has 0 spiro atoms. The van der Waals surface area contributed by atoms with Crippen molar-refractivity contribution in [1.82, 2.24) is 4.90 Å². The van der Waals surface area contributed by atoms with E-state index in [2.05, 4.69) is 0 Å². The summed E-state index contributed by atoms with van der Waals surface area (Å²) in [4.78, 5) is 13.1. The number of hydrogen-bond acceptors (Lipinski definition) is 3. The smallest absolute Gasteiger partial charge is 0.265 e. The number of hydrogen-bond donors (Lipinski definition) is 1. The van der Waals surface area contributed by atoms with Gasteiger partial charge >= 0.3 is 0 Å². The molecular formula is C9H14FNO3. The minimum Gasteiger partial charge on any atom is -0.392 e. The Hall–Kier alpha value is -0.680. The zero-order valence-electron chi connectivity index (χ0n) is 8.29. The van der Waals surface area contributed by atoms with Crippen LogP contribution in [0.2, 0.25) is 0 Å². The van der Waals surface area contributed by atoms with E-state index in [1.165, 1.54) is 4.90 Å². The standard InChI is InChI=1S/C9H14FNO3/c1-8(2)11-6(4-14-8)3-9(10,5-12)7(11)13/h6,12H,3-5H2,1-2H3. The summed E-state index contributed by atoms with van der Waals surface area (Å²) in [6, 6.07) is -0.227. The van der Waals surface area contributed by atoms with Crippen LogP contribution in [0.3, 0.4) is 0 Å². The number of ether oxygens (including phenoxy) is 1. The predicted molar refractivity (Wildman–Crippen MR) is 46.2 cm³/mol. The normalized spacial score (nSPS) is 40.4. The maximum atomic E-state index is 13.8. The molecule has 2 unspecified atom stereocenters. The second-order valence-corrected chi connectivity index (χ2v) is 4.41. The Bertz CT molecular complexity index is 281. The number of carbonyl (C=O) groups excluding carboxylic acids is 1. The highest BCUT2D eigenvalue weighted by Crippen LogP contribution is 2.41. The summed E-state index contributed by atoms with van der Waals surface area (Å²) in [7, 11) is 0. The molecule has 0 radical (unpaired) electrons. The average Bonchev–Trinajstić information content (AvgIpc) is 2.53. The fraction of sp³-hybridized carbons (Fsp3) is 0.889. The monoisotopic (exact) mass is 203 g/mol. The van der Waals surface area contributed by atoms with E-state index in [1.54, 1.807) is 13.8 Å². The summed E-state index contributed by atoms with van der Waals surface area (Å²) in [5, 5.41) is 8.86. The van der Waals surface area contributed by atoms with Crippen molar-refractivity contribution >= 4 is 5.91 Å². The molecule has 80 valence electrons. The van der Waals surface area contributed by atoms with E-state index in [9.17, 15) is 9.18 Å². The molecule has 1 N–H and O–H groups in total. The summed E-state index contributed by atoms with van der Waals surface area (Å²) < 4.78 is 19.2. The molecule has 5 heteroatoms. The van der Waals surface area contributed by atoms with E-state index in [0.29, 0.717) is 6.61 Å². The number of halogens is 1. The number of amides is 1. The van der Waals surface area contributed by atoms with Gasteiger partial charge < -0.3 is 14.7 Å². The van der Waals surface area contributed by atoms with Crippen molar-refractivity contribution in [2.24, 2.45) is 0 Å². The van der Waals surface area contributed by atoms with Crippen LogP contribution in [0, 0.1) is 0 Å². The number of nitrogens with zero attached hydrogens (tertiary/aromatic N) is 1. The number of rotatable bonds is 1. The maximum absolute atomic E-state index is 13.8. The molecule has 2 aliphatic heterocycles. The molecule has 2 rings (SSSR count). The van der Waals surface area contributed by atoms with E-state index in [4.69, 9.17) is 9.84 Å². The van der Waals surface area contributed by atoms with Crippen molar-refractivity contribution in [3.63, 3.8) is 0 Å². The Morgan fingerprint density at radius 1 is 1.71 bits per heavy atom. The topological polar surface area (TPSA) is 49.8 Å². The quantitative estimate of drug-likeness (QED) is 0.655. The number of alkyl halides is 1. The van der Waals surface area contributed by atoms with Crippen LogP contribution >= 0.6 is 0 Å². The van der Waals surface area contributed by atoms with Gasteiger partial charge in [0.2, 0.25) is 5.67 Å². The van der Waals surface area contributed by atoms with Crippen molar-refractivity contribution in [3.05, 3.63) is 0 Å². The van der Waals surface area contributed by atoms with Gasteiger partial charge in [-0.25, -0.2) is 4.39 Å². The van der Waals surface area contributed by atoms with Crippen LogP contribution in [0.25, 0.3) is 0 Å². The van der Waals surface area contributed by atoms with E-state index >= 15 is 0 Å². The molecule has 2 aliphatic rings. The van der Waals surface area contributed by atoms with Gasteiger partial charge in [-0.05, 0) is 13.8 Å². The Morgan fingerprint density at radius 3 is 2.86 bits per heavy atom. The molecule has 0 bridgehead atoms. The van der Waals surface area contributed by atoms with Crippen molar-refractivity contribution < 1.29 is 19.0 Å². The highest BCUT2D eigenvalue weighted by molar-refractivity contribution is 5.88. The third-order valence-corrected chi connectivity index (χ3v) is 2.99. The lowest BCUT2D eigenvalue weighted by molar-refractivity contribution is -0.153. The summed E-state index contributed by atoms with van der Waals surface area (Å²) >= 11 is 0. The molecule has 2 saturated heterocycles. The first-order valence-electron chi connectivity index (χ1n) is 4.68. The molecule has 14 heavy (non-hydrogen) atoms. The molecule has 0 aromatic carbocycles. The lowest BCUT2D eigenvalue weighted by Crippen LogP contribution is -2.48. The molecule has 1 amide bonds. The first kappa shape index (κ1) is 9.86. The zero-order chi connectivity index (χ0) is 10.6. The van der Waals surface area contributed by atoms with Gasteiger partial charge in [-0.1, -0.05) is 0 Å². The summed E-state index contributed by atoms with van der Waals surface area (Å²) in [6.45, 7) is 3.07. The Kier molecular flexibility index (Phi) is 1.88. The maximum Gasteiger partial charge on any atom is 0.265 e. The molecule has 2 fully saturated rings. The van der Waals surface area contributed by atoms with Gasteiger partial charge in [-0.3, -0.25) is 4.79 Å². The highest BCUT2D eigenvalue weighted by atomic mass is 19.1. The SMILES string of the molecule is CC1(C)OCC2CC(F)(CO)C(=O)N21. The second-order valence-electron chi connectivity index (χ2n) is 4.41. The fourth-order valence-corrected chi connectivity index (χ4v) is 2.25. The summed E-state index contributed by atoms with van der Waals surface area (Å²) in [5.74, 6) is -0.646. The van der Waals surface area contributed by atoms with Crippen LogP contribution in [0.4, 0.5) is 4.39 Å². The first-order valence-corrected chi connectivity index (χ1v) is 4.68. The van der Waals surface area contributed by atoms with Crippen LogP contribution in [-0.4, -0.2) is 46.6 Å². The summed E-state index contributed by atoms with van der Waals surface area (Å²) in [5.41, 5.74) is -2.84. The minimum atomic E-state index is -2.09.